The molecule has 2 aromatic rings. The molecule has 0 fully saturated rings. The number of benzene rings is 2. The Balaban J connectivity index is 2.71. The van der Waals surface area contributed by atoms with Crippen LogP contribution in [0.15, 0.2) is 48.5 Å². The van der Waals surface area contributed by atoms with Crippen LogP contribution in [-0.4, -0.2) is 22.2 Å². The fourth-order valence-corrected chi connectivity index (χ4v) is 2.57. The Labute approximate surface area is 129 Å². The highest BCUT2D eigenvalue weighted by molar-refractivity contribution is 5.84. The fraction of sp³-hybridized carbons (Fsp3) is 0.222. The first kappa shape index (κ1) is 15.8. The van der Waals surface area contributed by atoms with Gasteiger partial charge in [0.05, 0.1) is 11.8 Å². The Kier molecular flexibility index (Phi) is 4.61. The zero-order valence-electron chi connectivity index (χ0n) is 12.5. The van der Waals surface area contributed by atoms with E-state index < -0.39 is 23.8 Å². The molecule has 0 aliphatic rings. The molecule has 0 aliphatic carbocycles. The molecule has 0 heterocycles. The van der Waals surface area contributed by atoms with Crippen LogP contribution in [0.1, 0.15) is 36.8 Å². The van der Waals surface area contributed by atoms with Gasteiger partial charge in [-0.05, 0) is 36.1 Å². The molecule has 2 atom stereocenters. The summed E-state index contributed by atoms with van der Waals surface area (Å²) in [6.07, 6.45) is 0. The summed E-state index contributed by atoms with van der Waals surface area (Å²) in [5.74, 6) is -3.49. The summed E-state index contributed by atoms with van der Waals surface area (Å²) in [4.78, 5) is 22.8. The van der Waals surface area contributed by atoms with Gasteiger partial charge in [-0.1, -0.05) is 48.5 Å². The molecule has 2 N–H and O–H groups in total. The van der Waals surface area contributed by atoms with Gasteiger partial charge in [0, 0.05) is 0 Å². The van der Waals surface area contributed by atoms with Crippen LogP contribution < -0.4 is 0 Å². The van der Waals surface area contributed by atoms with Crippen molar-refractivity contribution in [3.8, 4) is 11.1 Å². The van der Waals surface area contributed by atoms with Gasteiger partial charge in [-0.3, -0.25) is 9.59 Å². The molecule has 114 valence electrons. The molecule has 0 aromatic heterocycles. The highest BCUT2D eigenvalue weighted by atomic mass is 16.4. The molecule has 0 bridgehead atoms. The van der Waals surface area contributed by atoms with Crippen LogP contribution in [0.2, 0.25) is 0 Å². The third-order valence-corrected chi connectivity index (χ3v) is 3.87. The van der Waals surface area contributed by atoms with Gasteiger partial charge in [0.1, 0.15) is 0 Å². The van der Waals surface area contributed by atoms with Crippen molar-refractivity contribution in [2.75, 3.05) is 0 Å². The molecule has 0 spiro atoms. The predicted molar refractivity (Wildman–Crippen MR) is 84.0 cm³/mol. The number of rotatable bonds is 5. The molecular formula is C18H18O4. The highest BCUT2D eigenvalue weighted by Crippen LogP contribution is 2.35. The van der Waals surface area contributed by atoms with Crippen molar-refractivity contribution in [1.29, 1.82) is 0 Å². The average Bonchev–Trinajstić information content (AvgIpc) is 2.53. The van der Waals surface area contributed by atoms with Crippen molar-refractivity contribution in [3.05, 3.63) is 59.7 Å². The molecule has 2 rings (SSSR count). The van der Waals surface area contributed by atoms with E-state index in [2.05, 4.69) is 0 Å². The zero-order chi connectivity index (χ0) is 16.3. The van der Waals surface area contributed by atoms with E-state index in [9.17, 15) is 19.8 Å². The van der Waals surface area contributed by atoms with E-state index in [4.69, 9.17) is 0 Å². The maximum Gasteiger partial charge on any atom is 0.310 e. The minimum atomic E-state index is -0.970. The van der Waals surface area contributed by atoms with Gasteiger partial charge in [0.2, 0.25) is 0 Å². The van der Waals surface area contributed by atoms with Crippen LogP contribution in [0, 0.1) is 0 Å². The maximum absolute atomic E-state index is 11.5. The first-order chi connectivity index (χ1) is 10.4. The van der Waals surface area contributed by atoms with Gasteiger partial charge in [0.25, 0.3) is 0 Å². The quantitative estimate of drug-likeness (QED) is 0.882. The predicted octanol–water partition coefficient (Wildman–Crippen LogP) is 3.73. The number of hydrogen-bond acceptors (Lipinski definition) is 2. The van der Waals surface area contributed by atoms with Crippen LogP contribution in [-0.2, 0) is 9.59 Å². The number of carbonyl (C=O) groups is 2. The minimum absolute atomic E-state index is 0.545. The van der Waals surface area contributed by atoms with E-state index >= 15 is 0 Å². The second kappa shape index (κ2) is 6.43. The van der Waals surface area contributed by atoms with E-state index in [1.165, 1.54) is 0 Å². The van der Waals surface area contributed by atoms with Crippen molar-refractivity contribution in [1.82, 2.24) is 0 Å². The topological polar surface area (TPSA) is 74.6 Å². The van der Waals surface area contributed by atoms with Crippen LogP contribution >= 0.6 is 0 Å². The standard InChI is InChI=1S/C18H18O4/c1-11(17(19)20)14-9-6-10-15(13-7-4-3-5-8-13)16(14)12(2)18(21)22/h3-12H,1-2H3,(H,19,20)(H,21,22). The summed E-state index contributed by atoms with van der Waals surface area (Å²) in [5, 5.41) is 18.7. The van der Waals surface area contributed by atoms with Gasteiger partial charge >= 0.3 is 11.9 Å². The van der Waals surface area contributed by atoms with E-state index in [1.54, 1.807) is 26.0 Å². The van der Waals surface area contributed by atoms with E-state index in [1.807, 2.05) is 36.4 Å². The van der Waals surface area contributed by atoms with Crippen molar-refractivity contribution in [2.24, 2.45) is 0 Å². The van der Waals surface area contributed by atoms with Gasteiger partial charge in [-0.15, -0.1) is 0 Å². The molecule has 2 unspecified atom stereocenters. The first-order valence-electron chi connectivity index (χ1n) is 7.07. The van der Waals surface area contributed by atoms with Crippen molar-refractivity contribution < 1.29 is 19.8 Å². The zero-order valence-corrected chi connectivity index (χ0v) is 12.5. The molecule has 0 aliphatic heterocycles. The van der Waals surface area contributed by atoms with Crippen LogP contribution in [0.3, 0.4) is 0 Å². The van der Waals surface area contributed by atoms with Crippen molar-refractivity contribution in [2.45, 2.75) is 25.7 Å². The molecule has 0 saturated heterocycles. The lowest BCUT2D eigenvalue weighted by molar-refractivity contribution is -0.139. The molecule has 2 aromatic carbocycles. The molecule has 22 heavy (non-hydrogen) atoms. The third kappa shape index (κ3) is 3.01. The van der Waals surface area contributed by atoms with Crippen LogP contribution in [0.25, 0.3) is 11.1 Å². The lowest BCUT2D eigenvalue weighted by atomic mass is 9.83. The fourth-order valence-electron chi connectivity index (χ4n) is 2.57. The Hall–Kier alpha value is -2.62. The highest BCUT2D eigenvalue weighted by Gasteiger charge is 2.26. The largest absolute Gasteiger partial charge is 0.481 e. The summed E-state index contributed by atoms with van der Waals surface area (Å²) in [7, 11) is 0. The summed E-state index contributed by atoms with van der Waals surface area (Å²) in [5.41, 5.74) is 2.76. The smallest absolute Gasteiger partial charge is 0.310 e. The Morgan fingerprint density at radius 2 is 1.41 bits per heavy atom. The van der Waals surface area contributed by atoms with Gasteiger partial charge in [-0.25, -0.2) is 0 Å². The second-order valence-electron chi connectivity index (χ2n) is 5.29. The van der Waals surface area contributed by atoms with Gasteiger partial charge in [-0.2, -0.15) is 0 Å². The Morgan fingerprint density at radius 3 is 1.95 bits per heavy atom. The van der Waals surface area contributed by atoms with E-state index in [-0.39, 0.29) is 0 Å². The second-order valence-corrected chi connectivity index (χ2v) is 5.29. The summed E-state index contributed by atoms with van der Waals surface area (Å²) >= 11 is 0. The monoisotopic (exact) mass is 298 g/mol. The van der Waals surface area contributed by atoms with Gasteiger partial charge < -0.3 is 10.2 Å². The Morgan fingerprint density at radius 1 is 0.818 bits per heavy atom. The Bertz CT molecular complexity index is 691. The number of hydrogen-bond donors (Lipinski definition) is 2. The molecule has 4 nitrogen and oxygen atoms in total. The van der Waals surface area contributed by atoms with Crippen molar-refractivity contribution in [3.63, 3.8) is 0 Å². The molecular weight excluding hydrogens is 280 g/mol. The molecule has 0 amide bonds. The first-order valence-corrected chi connectivity index (χ1v) is 7.07. The minimum Gasteiger partial charge on any atom is -0.481 e. The van der Waals surface area contributed by atoms with Crippen LogP contribution in [0.5, 0.6) is 0 Å². The summed E-state index contributed by atoms with van der Waals surface area (Å²) in [6.45, 7) is 3.16. The molecule has 0 saturated carbocycles. The van der Waals surface area contributed by atoms with Gasteiger partial charge in [0.15, 0.2) is 0 Å². The van der Waals surface area contributed by atoms with E-state index in [0.29, 0.717) is 11.1 Å². The molecule has 0 radical (unpaired) electrons. The molecule has 4 heteroatoms. The van der Waals surface area contributed by atoms with Crippen molar-refractivity contribution >= 4 is 11.9 Å². The number of carboxylic acid groups (broad SMARTS) is 2. The number of carboxylic acids is 2. The lowest BCUT2D eigenvalue weighted by Gasteiger charge is -2.20. The summed E-state index contributed by atoms with van der Waals surface area (Å²) in [6, 6.07) is 14.7. The van der Waals surface area contributed by atoms with E-state index in [0.717, 1.165) is 11.1 Å². The average molecular weight is 298 g/mol. The third-order valence-electron chi connectivity index (χ3n) is 3.87. The SMILES string of the molecule is CC(C(=O)O)c1cccc(-c2ccccc2)c1C(C)C(=O)O. The maximum atomic E-state index is 11.5. The normalized spacial score (nSPS) is 13.4. The lowest BCUT2D eigenvalue weighted by Crippen LogP contribution is -2.16. The number of aliphatic carboxylic acids is 2. The van der Waals surface area contributed by atoms with Crippen LogP contribution in [0.4, 0.5) is 0 Å². The summed E-state index contributed by atoms with van der Waals surface area (Å²) < 4.78 is 0.